The molecule has 1 aliphatic heterocycles. The molecule has 1 atom stereocenters. The highest BCUT2D eigenvalue weighted by Crippen LogP contribution is 2.26. The van der Waals surface area contributed by atoms with Gasteiger partial charge in [-0.2, -0.15) is 0 Å². The van der Waals surface area contributed by atoms with Crippen LogP contribution in [0.25, 0.3) is 0 Å². The second-order valence-electron chi connectivity index (χ2n) is 7.29. The minimum Gasteiger partial charge on any atom is -0.356 e. The van der Waals surface area contributed by atoms with Crippen LogP contribution < -0.4 is 16.0 Å². The molecule has 2 rings (SSSR count). The predicted octanol–water partition coefficient (Wildman–Crippen LogP) is 2.34. The summed E-state index contributed by atoms with van der Waals surface area (Å²) in [7, 11) is 1.81. The van der Waals surface area contributed by atoms with Gasteiger partial charge in [-0.25, -0.2) is 0 Å². The zero-order valence-corrected chi connectivity index (χ0v) is 18.9. The maximum absolute atomic E-state index is 11.7. The average Bonchev–Trinajstić information content (AvgIpc) is 2.58. The highest BCUT2D eigenvalue weighted by Gasteiger charge is 2.24. The second-order valence-corrected chi connectivity index (χ2v) is 7.29. The van der Waals surface area contributed by atoms with Gasteiger partial charge in [0.25, 0.3) is 0 Å². The summed E-state index contributed by atoms with van der Waals surface area (Å²) in [5.41, 5.74) is 0. The smallest absolute Gasteiger partial charge is 0.223 e. The number of piperidine rings is 1. The van der Waals surface area contributed by atoms with Crippen LogP contribution in [-0.4, -0.2) is 62.6 Å². The number of carbonyl (C=O) groups excluding carboxylic acids is 1. The standard InChI is InChI=1S/C19H37N5O.HI/c1-3-17-10-4-5-14-24(17)15-13-23-19(20-2)22-12-7-11-21-18(25)16-8-6-9-16;/h16-17H,3-15H2,1-2H3,(H,21,25)(H2,20,22,23);1H. The molecule has 2 fully saturated rings. The van der Waals surface area contributed by atoms with Gasteiger partial charge >= 0.3 is 0 Å². The van der Waals surface area contributed by atoms with E-state index in [1.807, 2.05) is 7.05 Å². The number of rotatable bonds is 9. The first-order valence-corrected chi connectivity index (χ1v) is 10.2. The highest BCUT2D eigenvalue weighted by atomic mass is 127. The molecule has 2 aliphatic rings. The largest absolute Gasteiger partial charge is 0.356 e. The van der Waals surface area contributed by atoms with Crippen LogP contribution in [0.4, 0.5) is 0 Å². The zero-order chi connectivity index (χ0) is 17.9. The maximum Gasteiger partial charge on any atom is 0.223 e. The van der Waals surface area contributed by atoms with Gasteiger partial charge < -0.3 is 16.0 Å². The van der Waals surface area contributed by atoms with E-state index in [0.717, 1.165) is 57.4 Å². The Hall–Kier alpha value is -0.570. The van der Waals surface area contributed by atoms with Gasteiger partial charge in [-0.05, 0) is 45.1 Å². The molecule has 1 saturated heterocycles. The minimum atomic E-state index is 0. The summed E-state index contributed by atoms with van der Waals surface area (Å²) in [4.78, 5) is 18.6. The lowest BCUT2D eigenvalue weighted by molar-refractivity contribution is -0.127. The lowest BCUT2D eigenvalue weighted by Gasteiger charge is -2.35. The van der Waals surface area contributed by atoms with E-state index < -0.39 is 0 Å². The first-order valence-electron chi connectivity index (χ1n) is 10.2. The number of halogens is 1. The van der Waals surface area contributed by atoms with E-state index in [-0.39, 0.29) is 35.8 Å². The molecule has 0 radical (unpaired) electrons. The Balaban J connectivity index is 0.00000338. The van der Waals surface area contributed by atoms with Crippen molar-refractivity contribution in [2.75, 3.05) is 39.8 Å². The number of nitrogens with zero attached hydrogens (tertiary/aromatic N) is 2. The molecule has 0 bridgehead atoms. The highest BCUT2D eigenvalue weighted by molar-refractivity contribution is 14.0. The molecule has 0 aromatic carbocycles. The molecule has 1 amide bonds. The molecule has 1 aliphatic carbocycles. The number of nitrogens with one attached hydrogen (secondary N) is 3. The number of amides is 1. The van der Waals surface area contributed by atoms with E-state index in [2.05, 4.69) is 32.8 Å². The van der Waals surface area contributed by atoms with Crippen LogP contribution >= 0.6 is 24.0 Å². The summed E-state index contributed by atoms with van der Waals surface area (Å²) >= 11 is 0. The van der Waals surface area contributed by atoms with Crippen molar-refractivity contribution in [3.05, 3.63) is 0 Å². The molecule has 0 spiro atoms. The fraction of sp³-hybridized carbons (Fsp3) is 0.895. The van der Waals surface area contributed by atoms with E-state index in [9.17, 15) is 4.79 Å². The van der Waals surface area contributed by atoms with Crippen molar-refractivity contribution in [2.45, 2.75) is 64.3 Å². The van der Waals surface area contributed by atoms with Crippen molar-refractivity contribution in [2.24, 2.45) is 10.9 Å². The summed E-state index contributed by atoms with van der Waals surface area (Å²) in [6.45, 7) is 7.09. The van der Waals surface area contributed by atoms with Gasteiger partial charge in [0.05, 0.1) is 0 Å². The molecular weight excluding hydrogens is 441 g/mol. The Labute approximate surface area is 176 Å². The number of aliphatic imine (C=N–C) groups is 1. The lowest BCUT2D eigenvalue weighted by atomic mass is 9.85. The van der Waals surface area contributed by atoms with Crippen LogP contribution in [0.5, 0.6) is 0 Å². The normalized spacial score (nSPS) is 21.5. The Kier molecular flexibility index (Phi) is 12.3. The third kappa shape index (κ3) is 7.98. The van der Waals surface area contributed by atoms with Crippen molar-refractivity contribution in [1.29, 1.82) is 0 Å². The topological polar surface area (TPSA) is 68.8 Å². The fourth-order valence-corrected chi connectivity index (χ4v) is 3.68. The van der Waals surface area contributed by atoms with Crippen molar-refractivity contribution in [1.82, 2.24) is 20.9 Å². The molecule has 0 aromatic heterocycles. The van der Waals surface area contributed by atoms with Crippen LogP contribution in [0.2, 0.25) is 0 Å². The number of carbonyl (C=O) groups is 1. The second kappa shape index (κ2) is 13.6. The first-order chi connectivity index (χ1) is 12.2. The molecule has 152 valence electrons. The lowest BCUT2D eigenvalue weighted by Crippen LogP contribution is -2.46. The van der Waals surface area contributed by atoms with Crippen molar-refractivity contribution >= 4 is 35.8 Å². The monoisotopic (exact) mass is 479 g/mol. The predicted molar refractivity (Wildman–Crippen MR) is 119 cm³/mol. The third-order valence-corrected chi connectivity index (χ3v) is 5.56. The summed E-state index contributed by atoms with van der Waals surface area (Å²) in [6.07, 6.45) is 9.56. The van der Waals surface area contributed by atoms with Crippen LogP contribution in [0.3, 0.4) is 0 Å². The fourth-order valence-electron chi connectivity index (χ4n) is 3.68. The Bertz CT molecular complexity index is 428. The van der Waals surface area contributed by atoms with Gasteiger partial charge in [-0.1, -0.05) is 19.8 Å². The summed E-state index contributed by atoms with van der Waals surface area (Å²) < 4.78 is 0. The minimum absolute atomic E-state index is 0. The van der Waals surface area contributed by atoms with Gasteiger partial charge in [0.2, 0.25) is 5.91 Å². The molecule has 1 saturated carbocycles. The number of likely N-dealkylation sites (tertiary alicyclic amines) is 1. The maximum atomic E-state index is 11.7. The Morgan fingerprint density at radius 2 is 1.77 bits per heavy atom. The summed E-state index contributed by atoms with van der Waals surface area (Å²) in [6, 6.07) is 0.754. The van der Waals surface area contributed by atoms with Crippen LogP contribution in [0.1, 0.15) is 58.3 Å². The van der Waals surface area contributed by atoms with Crippen LogP contribution in [-0.2, 0) is 4.79 Å². The third-order valence-electron chi connectivity index (χ3n) is 5.56. The average molecular weight is 479 g/mol. The van der Waals surface area contributed by atoms with Crippen LogP contribution in [0.15, 0.2) is 4.99 Å². The molecule has 3 N–H and O–H groups in total. The van der Waals surface area contributed by atoms with Gasteiger partial charge in [0, 0.05) is 45.2 Å². The number of hydrogen-bond donors (Lipinski definition) is 3. The van der Waals surface area contributed by atoms with Crippen molar-refractivity contribution < 1.29 is 4.79 Å². The van der Waals surface area contributed by atoms with E-state index in [1.165, 1.54) is 38.6 Å². The van der Waals surface area contributed by atoms with Crippen LogP contribution in [0, 0.1) is 5.92 Å². The molecule has 7 heteroatoms. The molecule has 0 aromatic rings. The van der Waals surface area contributed by atoms with E-state index in [4.69, 9.17) is 0 Å². The van der Waals surface area contributed by atoms with E-state index in [1.54, 1.807) is 0 Å². The number of guanidine groups is 1. The van der Waals surface area contributed by atoms with Gasteiger partial charge in [-0.15, -0.1) is 24.0 Å². The quantitative estimate of drug-likeness (QED) is 0.206. The van der Waals surface area contributed by atoms with Crippen molar-refractivity contribution in [3.63, 3.8) is 0 Å². The van der Waals surface area contributed by atoms with Crippen molar-refractivity contribution in [3.8, 4) is 0 Å². The summed E-state index contributed by atoms with van der Waals surface area (Å²) in [5.74, 6) is 1.38. The van der Waals surface area contributed by atoms with Gasteiger partial charge in [0.15, 0.2) is 5.96 Å². The van der Waals surface area contributed by atoms with Gasteiger partial charge in [-0.3, -0.25) is 14.7 Å². The molecule has 1 heterocycles. The SMILES string of the molecule is CCC1CCCCN1CCNC(=NC)NCCCNC(=O)C1CCC1.I. The first kappa shape index (κ1) is 23.5. The molecule has 1 unspecified atom stereocenters. The van der Waals surface area contributed by atoms with E-state index in [0.29, 0.717) is 0 Å². The Morgan fingerprint density at radius 1 is 1.04 bits per heavy atom. The molecular formula is C19H38IN5O. The molecule has 26 heavy (non-hydrogen) atoms. The molecule has 6 nitrogen and oxygen atoms in total. The number of hydrogen-bond acceptors (Lipinski definition) is 3. The van der Waals surface area contributed by atoms with E-state index >= 15 is 0 Å². The van der Waals surface area contributed by atoms with Gasteiger partial charge in [0.1, 0.15) is 0 Å². The summed E-state index contributed by atoms with van der Waals surface area (Å²) in [5, 5.41) is 9.77. The Morgan fingerprint density at radius 3 is 2.42 bits per heavy atom. The zero-order valence-electron chi connectivity index (χ0n) is 16.6.